The van der Waals surface area contributed by atoms with Gasteiger partial charge in [0.05, 0.1) is 18.2 Å². The molecule has 1 aromatic heterocycles. The first-order valence-corrected chi connectivity index (χ1v) is 5.84. The smallest absolute Gasteiger partial charge is 0.417 e. The van der Waals surface area contributed by atoms with Crippen molar-refractivity contribution in [1.82, 2.24) is 4.98 Å². The Labute approximate surface area is 118 Å². The van der Waals surface area contributed by atoms with Crippen LogP contribution in [0.5, 0.6) is 5.88 Å². The first-order chi connectivity index (χ1) is 9.82. The average Bonchev–Trinajstić information content (AvgIpc) is 2.45. The fourth-order valence-corrected chi connectivity index (χ4v) is 1.85. The maximum Gasteiger partial charge on any atom is 0.417 e. The predicted molar refractivity (Wildman–Crippen MR) is 69.7 cm³/mol. The molecule has 0 spiro atoms. The van der Waals surface area contributed by atoms with Gasteiger partial charge in [0.2, 0.25) is 11.8 Å². The van der Waals surface area contributed by atoms with Gasteiger partial charge in [-0.2, -0.15) is 13.2 Å². The number of alkyl halides is 3. The van der Waals surface area contributed by atoms with Gasteiger partial charge in [-0.25, -0.2) is 4.98 Å². The van der Waals surface area contributed by atoms with Gasteiger partial charge in [-0.3, -0.25) is 4.79 Å². The third-order valence-electron chi connectivity index (χ3n) is 2.87. The molecule has 2 N–H and O–H groups in total. The van der Waals surface area contributed by atoms with E-state index in [0.717, 1.165) is 12.1 Å². The SMILES string of the molecule is COc1ccc(-c2ccc(C(N)=O)c(C(F)(F)F)c2)cn1. The van der Waals surface area contributed by atoms with Crippen LogP contribution in [0.4, 0.5) is 13.2 Å². The summed E-state index contributed by atoms with van der Waals surface area (Å²) in [6, 6.07) is 6.43. The topological polar surface area (TPSA) is 65.2 Å². The van der Waals surface area contributed by atoms with Gasteiger partial charge in [-0.05, 0) is 23.8 Å². The Morgan fingerprint density at radius 1 is 1.19 bits per heavy atom. The van der Waals surface area contributed by atoms with Crippen LogP contribution < -0.4 is 10.5 Å². The molecule has 0 bridgehead atoms. The first-order valence-electron chi connectivity index (χ1n) is 5.84. The van der Waals surface area contributed by atoms with Crippen molar-refractivity contribution < 1.29 is 22.7 Å². The summed E-state index contributed by atoms with van der Waals surface area (Å²) in [4.78, 5) is 15.0. The molecule has 110 valence electrons. The third kappa shape index (κ3) is 3.13. The Balaban J connectivity index is 2.53. The summed E-state index contributed by atoms with van der Waals surface area (Å²) in [5.41, 5.74) is 4.09. The highest BCUT2D eigenvalue weighted by molar-refractivity contribution is 5.95. The van der Waals surface area contributed by atoms with Crippen molar-refractivity contribution in [2.45, 2.75) is 6.18 Å². The van der Waals surface area contributed by atoms with Crippen LogP contribution in [0.25, 0.3) is 11.1 Å². The van der Waals surface area contributed by atoms with Gasteiger partial charge in [0.1, 0.15) is 0 Å². The Morgan fingerprint density at radius 3 is 2.33 bits per heavy atom. The van der Waals surface area contributed by atoms with Crippen LogP contribution in [0, 0.1) is 0 Å². The van der Waals surface area contributed by atoms with E-state index in [-0.39, 0.29) is 5.56 Å². The number of aromatic nitrogens is 1. The van der Waals surface area contributed by atoms with Crippen molar-refractivity contribution in [3.63, 3.8) is 0 Å². The molecule has 1 heterocycles. The standard InChI is InChI=1S/C14H11F3N2O2/c1-21-12-5-3-9(7-19-12)8-2-4-10(13(18)20)11(6-8)14(15,16)17/h2-7H,1H3,(H2,18,20). The highest BCUT2D eigenvalue weighted by Gasteiger charge is 2.35. The summed E-state index contributed by atoms with van der Waals surface area (Å²) in [7, 11) is 1.44. The van der Waals surface area contributed by atoms with Crippen LogP contribution in [0.2, 0.25) is 0 Å². The van der Waals surface area contributed by atoms with E-state index >= 15 is 0 Å². The molecule has 2 aromatic rings. The highest BCUT2D eigenvalue weighted by atomic mass is 19.4. The number of primary amides is 1. The quantitative estimate of drug-likeness (QED) is 0.947. The molecular weight excluding hydrogens is 285 g/mol. The summed E-state index contributed by atoms with van der Waals surface area (Å²) in [5, 5.41) is 0. The first kappa shape index (κ1) is 14.8. The second-order valence-corrected chi connectivity index (χ2v) is 4.21. The summed E-state index contributed by atoms with van der Waals surface area (Å²) in [5.74, 6) is -0.773. The maximum absolute atomic E-state index is 13.0. The van der Waals surface area contributed by atoms with Crippen molar-refractivity contribution in [3.05, 3.63) is 47.7 Å². The lowest BCUT2D eigenvalue weighted by Crippen LogP contribution is -2.18. The minimum atomic E-state index is -4.67. The second-order valence-electron chi connectivity index (χ2n) is 4.21. The number of halogens is 3. The number of benzene rings is 1. The largest absolute Gasteiger partial charge is 0.481 e. The van der Waals surface area contributed by atoms with E-state index in [1.54, 1.807) is 6.07 Å². The number of hydrogen-bond acceptors (Lipinski definition) is 3. The average molecular weight is 296 g/mol. The number of hydrogen-bond donors (Lipinski definition) is 1. The van der Waals surface area contributed by atoms with Crippen LogP contribution in [-0.2, 0) is 6.18 Å². The number of ether oxygens (including phenoxy) is 1. The van der Waals surface area contributed by atoms with E-state index in [1.807, 2.05) is 0 Å². The van der Waals surface area contributed by atoms with E-state index in [9.17, 15) is 18.0 Å². The summed E-state index contributed by atoms with van der Waals surface area (Å²) in [6.45, 7) is 0. The number of rotatable bonds is 3. The van der Waals surface area contributed by atoms with Gasteiger partial charge in [0, 0.05) is 17.8 Å². The Kier molecular flexibility index (Phi) is 3.84. The molecule has 0 saturated heterocycles. The number of pyridine rings is 1. The molecule has 0 aliphatic rings. The van der Waals surface area contributed by atoms with E-state index in [1.165, 1.54) is 25.4 Å². The summed E-state index contributed by atoms with van der Waals surface area (Å²) < 4.78 is 43.8. The van der Waals surface area contributed by atoms with Crippen molar-refractivity contribution in [3.8, 4) is 17.0 Å². The van der Waals surface area contributed by atoms with E-state index in [0.29, 0.717) is 11.4 Å². The van der Waals surface area contributed by atoms with Gasteiger partial charge in [0.15, 0.2) is 0 Å². The Hall–Kier alpha value is -2.57. The van der Waals surface area contributed by atoms with Crippen molar-refractivity contribution in [2.75, 3.05) is 7.11 Å². The van der Waals surface area contributed by atoms with E-state index in [4.69, 9.17) is 10.5 Å². The molecule has 0 saturated carbocycles. The predicted octanol–water partition coefficient (Wildman–Crippen LogP) is 2.87. The molecule has 1 amide bonds. The zero-order valence-electron chi connectivity index (χ0n) is 10.9. The monoisotopic (exact) mass is 296 g/mol. The van der Waals surface area contributed by atoms with Gasteiger partial charge in [0.25, 0.3) is 0 Å². The molecular formula is C14H11F3N2O2. The Morgan fingerprint density at radius 2 is 1.86 bits per heavy atom. The molecule has 0 aliphatic carbocycles. The lowest BCUT2D eigenvalue weighted by atomic mass is 9.99. The lowest BCUT2D eigenvalue weighted by Gasteiger charge is -2.12. The molecule has 0 atom stereocenters. The normalized spacial score (nSPS) is 11.2. The van der Waals surface area contributed by atoms with Crippen LogP contribution in [0.15, 0.2) is 36.5 Å². The minimum Gasteiger partial charge on any atom is -0.481 e. The fourth-order valence-electron chi connectivity index (χ4n) is 1.85. The third-order valence-corrected chi connectivity index (χ3v) is 2.87. The van der Waals surface area contributed by atoms with Gasteiger partial charge in [-0.1, -0.05) is 6.07 Å². The molecule has 0 aliphatic heterocycles. The molecule has 7 heteroatoms. The van der Waals surface area contributed by atoms with Crippen LogP contribution in [0.1, 0.15) is 15.9 Å². The molecule has 0 radical (unpaired) electrons. The zero-order chi connectivity index (χ0) is 15.6. The number of methoxy groups -OCH3 is 1. The van der Waals surface area contributed by atoms with Gasteiger partial charge < -0.3 is 10.5 Å². The fraction of sp³-hybridized carbons (Fsp3) is 0.143. The summed E-state index contributed by atoms with van der Waals surface area (Å²) >= 11 is 0. The number of amides is 1. The van der Waals surface area contributed by atoms with Gasteiger partial charge >= 0.3 is 6.18 Å². The number of nitrogens with two attached hydrogens (primary N) is 1. The van der Waals surface area contributed by atoms with E-state index < -0.39 is 23.2 Å². The van der Waals surface area contributed by atoms with E-state index in [2.05, 4.69) is 4.98 Å². The number of carbonyl (C=O) groups excluding carboxylic acids is 1. The van der Waals surface area contributed by atoms with Crippen LogP contribution in [0.3, 0.4) is 0 Å². The molecule has 0 unspecified atom stereocenters. The summed E-state index contributed by atoms with van der Waals surface area (Å²) in [6.07, 6.45) is -3.28. The molecule has 21 heavy (non-hydrogen) atoms. The van der Waals surface area contributed by atoms with Crippen LogP contribution >= 0.6 is 0 Å². The minimum absolute atomic E-state index is 0.280. The number of carbonyl (C=O) groups is 1. The molecule has 0 fully saturated rings. The maximum atomic E-state index is 13.0. The van der Waals surface area contributed by atoms with Crippen LogP contribution in [-0.4, -0.2) is 18.0 Å². The zero-order valence-corrected chi connectivity index (χ0v) is 10.9. The van der Waals surface area contributed by atoms with Crippen molar-refractivity contribution >= 4 is 5.91 Å². The molecule has 1 aromatic carbocycles. The van der Waals surface area contributed by atoms with Gasteiger partial charge in [-0.15, -0.1) is 0 Å². The lowest BCUT2D eigenvalue weighted by molar-refractivity contribution is -0.137. The second kappa shape index (κ2) is 5.43. The van der Waals surface area contributed by atoms with Crippen molar-refractivity contribution in [2.24, 2.45) is 5.73 Å². The van der Waals surface area contributed by atoms with Crippen molar-refractivity contribution in [1.29, 1.82) is 0 Å². The highest BCUT2D eigenvalue weighted by Crippen LogP contribution is 2.35. The molecule has 2 rings (SSSR count). The number of nitrogens with zero attached hydrogens (tertiary/aromatic N) is 1. The molecule has 4 nitrogen and oxygen atoms in total. The Bertz CT molecular complexity index is 667.